The Hall–Kier alpha value is -4.22. The van der Waals surface area contributed by atoms with E-state index >= 15 is 0 Å². The lowest BCUT2D eigenvalue weighted by Gasteiger charge is -2.33. The van der Waals surface area contributed by atoms with Gasteiger partial charge in [0, 0.05) is 36.6 Å². The molecule has 4 heterocycles. The molecule has 1 atom stereocenters. The van der Waals surface area contributed by atoms with Crippen LogP contribution in [0.3, 0.4) is 0 Å². The van der Waals surface area contributed by atoms with Crippen LogP contribution < -0.4 is 22.2 Å². The lowest BCUT2D eigenvalue weighted by atomic mass is 9.99. The van der Waals surface area contributed by atoms with Gasteiger partial charge in [-0.05, 0) is 51.6 Å². The number of H-pyrrole nitrogens is 1. The van der Waals surface area contributed by atoms with Crippen LogP contribution in [0.4, 0.5) is 5.69 Å². The maximum absolute atomic E-state index is 13.5. The Morgan fingerprint density at radius 3 is 2.74 bits per heavy atom. The lowest BCUT2D eigenvalue weighted by Crippen LogP contribution is -2.46. The number of hydrogen-bond acceptors (Lipinski definition) is 10. The smallest absolute Gasteiger partial charge is 0.439 e. The highest BCUT2D eigenvalue weighted by atomic mass is 35.5. The first-order valence-electron chi connectivity index (χ1n) is 12.4. The molecule has 39 heavy (non-hydrogen) atoms. The van der Waals surface area contributed by atoms with Gasteiger partial charge in [-0.2, -0.15) is 0 Å². The second kappa shape index (κ2) is 10.5. The topological polar surface area (TPSA) is 156 Å². The largest absolute Gasteiger partial charge is 0.455 e. The molecule has 5 rings (SSSR count). The highest BCUT2D eigenvalue weighted by molar-refractivity contribution is 6.29. The summed E-state index contributed by atoms with van der Waals surface area (Å²) >= 11 is 6.12. The van der Waals surface area contributed by atoms with Gasteiger partial charge in [0.2, 0.25) is 5.82 Å². The van der Waals surface area contributed by atoms with Crippen molar-refractivity contribution < 1.29 is 8.94 Å². The molecule has 4 N–H and O–H groups in total. The molecule has 0 amide bonds. The Morgan fingerprint density at radius 2 is 2.08 bits per heavy atom. The predicted octanol–water partition coefficient (Wildman–Crippen LogP) is 3.66. The number of benzene rings is 1. The molecule has 0 spiro atoms. The monoisotopic (exact) mass is 549 g/mol. The average molecular weight is 550 g/mol. The minimum absolute atomic E-state index is 0.130. The first-order valence-corrected chi connectivity index (χ1v) is 12.7. The van der Waals surface area contributed by atoms with Crippen LogP contribution in [-0.4, -0.2) is 52.4 Å². The maximum atomic E-state index is 13.5. The molecule has 1 aromatic carbocycles. The van der Waals surface area contributed by atoms with Crippen molar-refractivity contribution in [2.75, 3.05) is 25.5 Å². The zero-order valence-electron chi connectivity index (χ0n) is 21.9. The highest BCUT2D eigenvalue weighted by Gasteiger charge is 2.23. The fraction of sp³-hybridized carbons (Fsp3) is 0.296. The molecule has 11 nitrogen and oxygen atoms in total. The number of aromatic nitrogens is 3. The van der Waals surface area contributed by atoms with E-state index in [-0.39, 0.29) is 28.5 Å². The fourth-order valence-corrected chi connectivity index (χ4v) is 4.81. The van der Waals surface area contributed by atoms with Crippen molar-refractivity contribution >= 4 is 40.0 Å². The van der Waals surface area contributed by atoms with Crippen molar-refractivity contribution in [3.63, 3.8) is 0 Å². The number of anilines is 1. The van der Waals surface area contributed by atoms with Gasteiger partial charge in [0.1, 0.15) is 22.2 Å². The molecule has 1 aliphatic heterocycles. The highest BCUT2D eigenvalue weighted by Crippen LogP contribution is 2.33. The van der Waals surface area contributed by atoms with Crippen molar-refractivity contribution in [2.45, 2.75) is 32.9 Å². The normalized spacial score (nSPS) is 15.7. The Morgan fingerprint density at radius 1 is 1.31 bits per heavy atom. The number of nitrogens with zero attached hydrogens (tertiary/aromatic N) is 4. The number of aryl methyl sites for hydroxylation is 1. The van der Waals surface area contributed by atoms with Crippen LogP contribution in [0.1, 0.15) is 35.4 Å². The summed E-state index contributed by atoms with van der Waals surface area (Å²) < 4.78 is 11.1. The van der Waals surface area contributed by atoms with E-state index < -0.39 is 5.76 Å². The third-order valence-corrected chi connectivity index (χ3v) is 6.88. The van der Waals surface area contributed by atoms with Crippen LogP contribution in [0, 0.1) is 13.8 Å². The first-order chi connectivity index (χ1) is 18.6. The molecule has 0 bridgehead atoms. The van der Waals surface area contributed by atoms with Gasteiger partial charge in [0.05, 0.1) is 28.7 Å². The molecule has 1 aliphatic rings. The number of fused-ring (bicyclic) bond motifs is 1. The maximum Gasteiger partial charge on any atom is 0.439 e. The number of likely N-dealkylation sites (N-methyl/N-ethyl adjacent to an activating group) is 1. The first kappa shape index (κ1) is 26.4. The molecule has 12 heteroatoms. The number of nitrogens with two attached hydrogens (primary N) is 1. The summed E-state index contributed by atoms with van der Waals surface area (Å²) in [6, 6.07) is 6.92. The second-order valence-corrected chi connectivity index (χ2v) is 10.1. The second-order valence-electron chi connectivity index (χ2n) is 9.73. The Labute approximate surface area is 228 Å². The number of aliphatic imine (C=N–C) groups is 1. The SMILES string of the molecule is Cc1cc(C(C)Nc2ccc(Cl)nc2-c2noc(=O)[nH]2)c2oc(/C(C=NC3CN(C)C3)=C/N)c(C)c(=O)c2c1. The molecular formula is C27H28ClN7O4. The number of rotatable bonds is 7. The van der Waals surface area contributed by atoms with Crippen molar-refractivity contribution in [2.24, 2.45) is 10.7 Å². The summed E-state index contributed by atoms with van der Waals surface area (Å²) in [5.74, 6) is -0.208. The van der Waals surface area contributed by atoms with E-state index in [2.05, 4.69) is 34.9 Å². The van der Waals surface area contributed by atoms with Crippen molar-refractivity contribution in [3.8, 4) is 11.5 Å². The van der Waals surface area contributed by atoms with Gasteiger partial charge in [0.15, 0.2) is 5.43 Å². The molecule has 0 radical (unpaired) electrons. The van der Waals surface area contributed by atoms with Crippen LogP contribution in [0.15, 0.2) is 54.0 Å². The van der Waals surface area contributed by atoms with Crippen molar-refractivity contribution in [1.29, 1.82) is 0 Å². The Kier molecular flexibility index (Phi) is 7.11. The minimum Gasteiger partial charge on any atom is -0.455 e. The summed E-state index contributed by atoms with van der Waals surface area (Å²) in [6.45, 7) is 7.30. The van der Waals surface area contributed by atoms with Crippen LogP contribution in [-0.2, 0) is 0 Å². The van der Waals surface area contributed by atoms with E-state index in [1.807, 2.05) is 33.0 Å². The van der Waals surface area contributed by atoms with Crippen LogP contribution in [0.5, 0.6) is 0 Å². The molecule has 4 aromatic rings. The number of halogens is 1. The van der Waals surface area contributed by atoms with Gasteiger partial charge < -0.3 is 20.4 Å². The standard InChI is InChI=1S/C27H28ClN7O4/c1-13-7-18(15(3)31-20-5-6-21(28)32-22(20)26-33-27(37)39-34-26)25-19(8-13)23(36)14(2)24(38-25)16(9-29)10-30-17-11-35(4)12-17/h5-10,15,17,31H,11-12,29H2,1-4H3,(H,33,34,37)/b16-9+,30-10?. The number of aromatic amines is 1. The summed E-state index contributed by atoms with van der Waals surface area (Å²) in [4.78, 5) is 38.6. The van der Waals surface area contributed by atoms with Gasteiger partial charge >= 0.3 is 5.76 Å². The van der Waals surface area contributed by atoms with Gasteiger partial charge in [0.25, 0.3) is 0 Å². The van der Waals surface area contributed by atoms with Crippen LogP contribution in [0.2, 0.25) is 5.15 Å². The van der Waals surface area contributed by atoms with E-state index in [4.69, 9.17) is 21.8 Å². The zero-order valence-corrected chi connectivity index (χ0v) is 22.7. The number of likely N-dealkylation sites (tertiary alicyclic amines) is 1. The molecule has 1 fully saturated rings. The van der Waals surface area contributed by atoms with Crippen molar-refractivity contribution in [3.05, 3.63) is 78.8 Å². The third-order valence-electron chi connectivity index (χ3n) is 6.67. The van der Waals surface area contributed by atoms with Crippen LogP contribution >= 0.6 is 11.6 Å². The molecular weight excluding hydrogens is 522 g/mol. The quantitative estimate of drug-likeness (QED) is 0.231. The number of pyridine rings is 1. The zero-order chi connectivity index (χ0) is 27.8. The summed E-state index contributed by atoms with van der Waals surface area (Å²) in [5.41, 5.74) is 9.72. The van der Waals surface area contributed by atoms with E-state index in [9.17, 15) is 9.59 Å². The number of hydrogen-bond donors (Lipinski definition) is 3. The van der Waals surface area contributed by atoms with Gasteiger partial charge in [-0.3, -0.25) is 19.3 Å². The third kappa shape index (κ3) is 5.23. The molecule has 1 saturated heterocycles. The van der Waals surface area contributed by atoms with E-state index in [0.29, 0.717) is 39.2 Å². The summed E-state index contributed by atoms with van der Waals surface area (Å²) in [6.07, 6.45) is 3.08. The predicted molar refractivity (Wildman–Crippen MR) is 151 cm³/mol. The van der Waals surface area contributed by atoms with E-state index in [1.165, 1.54) is 6.20 Å². The number of allylic oxidation sites excluding steroid dienone is 1. The minimum atomic E-state index is -0.711. The lowest BCUT2D eigenvalue weighted by molar-refractivity contribution is 0.194. The Balaban J connectivity index is 1.57. The summed E-state index contributed by atoms with van der Waals surface area (Å²) in [5, 5.41) is 7.80. The fourth-order valence-electron chi connectivity index (χ4n) is 4.66. The van der Waals surface area contributed by atoms with Crippen molar-refractivity contribution in [1.82, 2.24) is 20.0 Å². The summed E-state index contributed by atoms with van der Waals surface area (Å²) in [7, 11) is 2.03. The molecule has 3 aromatic heterocycles. The Bertz CT molecular complexity index is 1730. The van der Waals surface area contributed by atoms with Crippen LogP contribution in [0.25, 0.3) is 28.1 Å². The molecule has 0 aliphatic carbocycles. The molecule has 202 valence electrons. The van der Waals surface area contributed by atoms with E-state index in [0.717, 1.165) is 24.2 Å². The molecule has 1 unspecified atom stereocenters. The van der Waals surface area contributed by atoms with Gasteiger partial charge in [-0.25, -0.2) is 9.78 Å². The van der Waals surface area contributed by atoms with Gasteiger partial charge in [-0.1, -0.05) is 22.8 Å². The van der Waals surface area contributed by atoms with E-state index in [1.54, 1.807) is 25.3 Å². The molecule has 0 saturated carbocycles. The average Bonchev–Trinajstić information content (AvgIpc) is 3.32. The number of nitrogens with one attached hydrogen (secondary N) is 2. The van der Waals surface area contributed by atoms with Gasteiger partial charge in [-0.15, -0.1) is 0 Å².